The maximum atomic E-state index is 12.8. The van der Waals surface area contributed by atoms with Crippen molar-refractivity contribution in [3.63, 3.8) is 0 Å². The molecule has 29 heavy (non-hydrogen) atoms. The number of halogens is 2. The van der Waals surface area contributed by atoms with Crippen LogP contribution >= 0.6 is 23.2 Å². The molecule has 5 rings (SSSR count). The number of rotatable bonds is 3. The molecule has 0 spiro atoms. The third-order valence-electron chi connectivity index (χ3n) is 4.33. The summed E-state index contributed by atoms with van der Waals surface area (Å²) in [5.74, 6) is 0.578. The van der Waals surface area contributed by atoms with Crippen molar-refractivity contribution in [3.05, 3.63) is 57.1 Å². The number of nitrogens with one attached hydrogen (secondary N) is 1. The molecule has 4 aromatic heterocycles. The van der Waals surface area contributed by atoms with Crippen LogP contribution in [0.3, 0.4) is 0 Å². The van der Waals surface area contributed by atoms with E-state index in [1.807, 2.05) is 0 Å². The SMILES string of the molecule is COc1cc(-c2nc3c(Cl)cc4cn[nH]c4c3c(=O)o2)n(-c2ncccc2Cl)n1. The molecule has 0 amide bonds. The van der Waals surface area contributed by atoms with Crippen molar-refractivity contribution in [3.8, 4) is 23.3 Å². The van der Waals surface area contributed by atoms with Crippen LogP contribution in [0.25, 0.3) is 39.2 Å². The molecule has 4 heterocycles. The Morgan fingerprint density at radius 1 is 1.24 bits per heavy atom. The van der Waals surface area contributed by atoms with Gasteiger partial charge in [-0.05, 0) is 18.2 Å². The van der Waals surface area contributed by atoms with Gasteiger partial charge in [-0.1, -0.05) is 23.2 Å². The predicted octanol–water partition coefficient (Wildman–Crippen LogP) is 3.63. The lowest BCUT2D eigenvalue weighted by Crippen LogP contribution is -2.08. The van der Waals surface area contributed by atoms with E-state index in [-0.39, 0.29) is 27.7 Å². The number of methoxy groups -OCH3 is 1. The van der Waals surface area contributed by atoms with Crippen LogP contribution in [-0.4, -0.2) is 37.1 Å². The van der Waals surface area contributed by atoms with Crippen molar-refractivity contribution in [2.75, 3.05) is 7.11 Å². The average molecular weight is 429 g/mol. The number of nitrogens with zero attached hydrogens (tertiary/aromatic N) is 5. The fourth-order valence-corrected chi connectivity index (χ4v) is 3.49. The van der Waals surface area contributed by atoms with Crippen LogP contribution in [0.1, 0.15) is 0 Å². The number of aromatic nitrogens is 6. The molecule has 0 saturated heterocycles. The van der Waals surface area contributed by atoms with Crippen molar-refractivity contribution in [2.24, 2.45) is 0 Å². The van der Waals surface area contributed by atoms with Crippen molar-refractivity contribution < 1.29 is 9.15 Å². The maximum absolute atomic E-state index is 12.8. The Hall–Kier alpha value is -3.43. The van der Waals surface area contributed by atoms with Gasteiger partial charge in [0.05, 0.1) is 28.9 Å². The number of pyridine rings is 1. The standard InChI is InChI=1S/C18H10Cl2N6O3/c1-28-12-6-11(26(25-12)16-9(19)3-2-4-21-16)17-23-15-10(20)5-8-7-22-24-14(8)13(15)18(27)29-17/h2-7H,1H3,(H,22,24). The number of hydrogen-bond acceptors (Lipinski definition) is 7. The summed E-state index contributed by atoms with van der Waals surface area (Å²) in [4.78, 5) is 21.5. The molecule has 0 fully saturated rings. The van der Waals surface area contributed by atoms with Crippen LogP contribution in [0.2, 0.25) is 10.0 Å². The minimum Gasteiger partial charge on any atom is -0.480 e. The molecule has 0 aliphatic rings. The summed E-state index contributed by atoms with van der Waals surface area (Å²) in [6, 6.07) is 6.59. The second-order valence-corrected chi connectivity index (χ2v) is 6.83. The quantitative estimate of drug-likeness (QED) is 0.466. The minimum atomic E-state index is -0.624. The highest BCUT2D eigenvalue weighted by atomic mass is 35.5. The lowest BCUT2D eigenvalue weighted by Gasteiger charge is -2.07. The fourth-order valence-electron chi connectivity index (χ4n) is 3.03. The maximum Gasteiger partial charge on any atom is 0.349 e. The van der Waals surface area contributed by atoms with E-state index < -0.39 is 5.63 Å². The average Bonchev–Trinajstić information content (AvgIpc) is 3.35. The first kappa shape index (κ1) is 17.7. The molecular formula is C18H10Cl2N6O3. The molecule has 0 bridgehead atoms. The molecule has 11 heteroatoms. The smallest absolute Gasteiger partial charge is 0.349 e. The summed E-state index contributed by atoms with van der Waals surface area (Å²) in [5.41, 5.74) is 0.465. The van der Waals surface area contributed by atoms with Crippen LogP contribution in [0.4, 0.5) is 0 Å². The normalized spacial score (nSPS) is 11.4. The Bertz CT molecular complexity index is 1460. The highest BCUT2D eigenvalue weighted by molar-refractivity contribution is 6.36. The van der Waals surface area contributed by atoms with Gasteiger partial charge in [-0.25, -0.2) is 19.4 Å². The summed E-state index contributed by atoms with van der Waals surface area (Å²) in [7, 11) is 1.46. The molecule has 0 aliphatic heterocycles. The van der Waals surface area contributed by atoms with Crippen molar-refractivity contribution >= 4 is 45.0 Å². The molecule has 144 valence electrons. The fraction of sp³-hybridized carbons (Fsp3) is 0.0556. The van der Waals surface area contributed by atoms with Gasteiger partial charge in [0.25, 0.3) is 0 Å². The van der Waals surface area contributed by atoms with Gasteiger partial charge >= 0.3 is 5.63 Å². The Labute approximate surface area is 171 Å². The van der Waals surface area contributed by atoms with Gasteiger partial charge in [0.1, 0.15) is 16.6 Å². The zero-order valence-corrected chi connectivity index (χ0v) is 16.2. The minimum absolute atomic E-state index is 0.0132. The molecule has 5 aromatic rings. The lowest BCUT2D eigenvalue weighted by molar-refractivity contribution is 0.394. The molecule has 0 atom stereocenters. The predicted molar refractivity (Wildman–Crippen MR) is 107 cm³/mol. The Balaban J connectivity index is 1.82. The molecular weight excluding hydrogens is 419 g/mol. The Morgan fingerprint density at radius 2 is 2.10 bits per heavy atom. The summed E-state index contributed by atoms with van der Waals surface area (Å²) < 4.78 is 12.1. The zero-order valence-electron chi connectivity index (χ0n) is 14.7. The van der Waals surface area contributed by atoms with Gasteiger partial charge in [0.2, 0.25) is 11.8 Å². The largest absolute Gasteiger partial charge is 0.480 e. The van der Waals surface area contributed by atoms with Gasteiger partial charge in [-0.2, -0.15) is 5.10 Å². The van der Waals surface area contributed by atoms with Crippen LogP contribution in [0.5, 0.6) is 5.88 Å². The van der Waals surface area contributed by atoms with Gasteiger partial charge in [0, 0.05) is 17.6 Å². The second-order valence-electron chi connectivity index (χ2n) is 6.02. The lowest BCUT2D eigenvalue weighted by atomic mass is 10.2. The molecule has 9 nitrogen and oxygen atoms in total. The highest BCUT2D eigenvalue weighted by Crippen LogP contribution is 2.31. The van der Waals surface area contributed by atoms with Crippen LogP contribution < -0.4 is 10.4 Å². The monoisotopic (exact) mass is 428 g/mol. The Kier molecular flexibility index (Phi) is 4.00. The molecule has 0 saturated carbocycles. The molecule has 0 unspecified atom stereocenters. The van der Waals surface area contributed by atoms with E-state index in [1.54, 1.807) is 36.7 Å². The van der Waals surface area contributed by atoms with E-state index >= 15 is 0 Å². The summed E-state index contributed by atoms with van der Waals surface area (Å²) in [5, 5.41) is 12.6. The number of benzene rings is 1. The molecule has 0 radical (unpaired) electrons. The summed E-state index contributed by atoms with van der Waals surface area (Å²) >= 11 is 12.6. The van der Waals surface area contributed by atoms with Crippen molar-refractivity contribution in [1.29, 1.82) is 0 Å². The van der Waals surface area contributed by atoms with E-state index in [2.05, 4.69) is 25.3 Å². The molecule has 1 N–H and O–H groups in total. The first-order valence-electron chi connectivity index (χ1n) is 8.28. The molecule has 1 aromatic carbocycles. The van der Waals surface area contributed by atoms with Gasteiger partial charge in [0.15, 0.2) is 5.82 Å². The topological polar surface area (TPSA) is 112 Å². The van der Waals surface area contributed by atoms with Gasteiger partial charge in [-0.3, -0.25) is 5.10 Å². The third kappa shape index (κ3) is 2.74. The van der Waals surface area contributed by atoms with Crippen molar-refractivity contribution in [1.82, 2.24) is 29.9 Å². The second kappa shape index (κ2) is 6.57. The van der Waals surface area contributed by atoms with Crippen LogP contribution in [0.15, 0.2) is 45.9 Å². The number of H-pyrrole nitrogens is 1. The van der Waals surface area contributed by atoms with Gasteiger partial charge in [-0.15, -0.1) is 5.10 Å². The number of fused-ring (bicyclic) bond motifs is 3. The van der Waals surface area contributed by atoms with Crippen molar-refractivity contribution in [2.45, 2.75) is 0 Å². The first-order valence-corrected chi connectivity index (χ1v) is 9.04. The number of aromatic amines is 1. The summed E-state index contributed by atoms with van der Waals surface area (Å²) in [6.45, 7) is 0. The Morgan fingerprint density at radius 3 is 2.90 bits per heavy atom. The third-order valence-corrected chi connectivity index (χ3v) is 4.91. The van der Waals surface area contributed by atoms with Crippen LogP contribution in [0, 0.1) is 0 Å². The first-order chi connectivity index (χ1) is 14.1. The number of hydrogen-bond donors (Lipinski definition) is 1. The molecule has 0 aliphatic carbocycles. The summed E-state index contributed by atoms with van der Waals surface area (Å²) in [6.07, 6.45) is 3.13. The van der Waals surface area contributed by atoms with Crippen LogP contribution in [-0.2, 0) is 0 Å². The van der Waals surface area contributed by atoms with E-state index in [9.17, 15) is 4.79 Å². The van der Waals surface area contributed by atoms with Gasteiger partial charge < -0.3 is 9.15 Å². The van der Waals surface area contributed by atoms with E-state index in [0.717, 1.165) is 0 Å². The van der Waals surface area contributed by atoms with E-state index in [4.69, 9.17) is 32.4 Å². The van der Waals surface area contributed by atoms with E-state index in [1.165, 1.54) is 11.8 Å². The zero-order chi connectivity index (χ0) is 20.1. The highest BCUT2D eigenvalue weighted by Gasteiger charge is 2.21. The number of ether oxygens (including phenoxy) is 1. The van der Waals surface area contributed by atoms with E-state index in [0.29, 0.717) is 27.4 Å².